The van der Waals surface area contributed by atoms with E-state index in [0.717, 1.165) is 12.3 Å². The lowest BCUT2D eigenvalue weighted by Crippen LogP contribution is -2.02. The topological polar surface area (TPSA) is 21.3 Å². The molecule has 0 amide bonds. The van der Waals surface area contributed by atoms with Crippen LogP contribution >= 0.6 is 11.3 Å². The third-order valence-electron chi connectivity index (χ3n) is 2.93. The molecule has 2 rings (SSSR count). The van der Waals surface area contributed by atoms with Gasteiger partial charge in [-0.3, -0.25) is 0 Å². The molecule has 0 aliphatic heterocycles. The zero-order valence-corrected chi connectivity index (χ0v) is 11.9. The van der Waals surface area contributed by atoms with Crippen LogP contribution in [0, 0.1) is 13.8 Å². The molecule has 0 radical (unpaired) electrons. The van der Waals surface area contributed by atoms with Crippen LogP contribution in [0.3, 0.4) is 0 Å². The molecule has 0 spiro atoms. The molecule has 2 aromatic rings. The van der Waals surface area contributed by atoms with Gasteiger partial charge in [0.25, 0.3) is 0 Å². The first-order chi connectivity index (χ1) is 8.69. The van der Waals surface area contributed by atoms with Crippen molar-refractivity contribution < 1.29 is 4.74 Å². The summed E-state index contributed by atoms with van der Waals surface area (Å²) in [6.45, 7) is 5.80. The SMILES string of the molecule is CNCc1ccc(COc2ccc(C)c(C)c2)s1. The Kier molecular flexibility index (Phi) is 4.39. The Hall–Kier alpha value is -1.32. The van der Waals surface area contributed by atoms with E-state index in [1.54, 1.807) is 11.3 Å². The molecule has 3 heteroatoms. The average Bonchev–Trinajstić information content (AvgIpc) is 2.79. The third kappa shape index (κ3) is 3.34. The molecule has 0 fully saturated rings. The number of aryl methyl sites for hydroxylation is 2. The first-order valence-corrected chi connectivity index (χ1v) is 6.93. The standard InChI is InChI=1S/C15H19NOS/c1-11-4-5-13(8-12(11)2)17-10-15-7-6-14(18-15)9-16-3/h4-8,16H,9-10H2,1-3H3. The summed E-state index contributed by atoms with van der Waals surface area (Å²) >= 11 is 1.80. The minimum Gasteiger partial charge on any atom is -0.488 e. The first-order valence-electron chi connectivity index (χ1n) is 6.11. The van der Waals surface area contributed by atoms with E-state index in [1.165, 1.54) is 20.9 Å². The summed E-state index contributed by atoms with van der Waals surface area (Å²) in [7, 11) is 1.96. The Morgan fingerprint density at radius 3 is 2.56 bits per heavy atom. The molecule has 1 aromatic carbocycles. The van der Waals surface area contributed by atoms with Crippen molar-refractivity contribution in [2.45, 2.75) is 27.0 Å². The lowest BCUT2D eigenvalue weighted by molar-refractivity contribution is 0.309. The van der Waals surface area contributed by atoms with E-state index in [-0.39, 0.29) is 0 Å². The predicted molar refractivity (Wildman–Crippen MR) is 77.3 cm³/mol. The molecule has 0 saturated heterocycles. The van der Waals surface area contributed by atoms with Gasteiger partial charge in [0.05, 0.1) is 0 Å². The van der Waals surface area contributed by atoms with E-state index in [4.69, 9.17) is 4.74 Å². The Labute approximate surface area is 113 Å². The van der Waals surface area contributed by atoms with Crippen LogP contribution in [0.1, 0.15) is 20.9 Å². The summed E-state index contributed by atoms with van der Waals surface area (Å²) in [6.07, 6.45) is 0. The van der Waals surface area contributed by atoms with Crippen molar-refractivity contribution in [1.82, 2.24) is 5.32 Å². The van der Waals surface area contributed by atoms with Crippen molar-refractivity contribution in [2.75, 3.05) is 7.05 Å². The van der Waals surface area contributed by atoms with Crippen LogP contribution in [-0.2, 0) is 13.2 Å². The van der Waals surface area contributed by atoms with Gasteiger partial charge in [0.2, 0.25) is 0 Å². The maximum atomic E-state index is 5.81. The zero-order chi connectivity index (χ0) is 13.0. The van der Waals surface area contributed by atoms with Crippen molar-refractivity contribution in [3.05, 3.63) is 51.2 Å². The lowest BCUT2D eigenvalue weighted by atomic mass is 10.1. The molecule has 0 saturated carbocycles. The second-order valence-electron chi connectivity index (χ2n) is 4.43. The maximum Gasteiger partial charge on any atom is 0.122 e. The van der Waals surface area contributed by atoms with E-state index in [2.05, 4.69) is 43.4 Å². The minimum atomic E-state index is 0.650. The molecule has 2 nitrogen and oxygen atoms in total. The quantitative estimate of drug-likeness (QED) is 0.887. The minimum absolute atomic E-state index is 0.650. The van der Waals surface area contributed by atoms with Crippen LogP contribution in [0.5, 0.6) is 5.75 Å². The van der Waals surface area contributed by atoms with Crippen molar-refractivity contribution in [3.8, 4) is 5.75 Å². The molecule has 0 atom stereocenters. The fourth-order valence-electron chi connectivity index (χ4n) is 1.73. The Bertz CT molecular complexity index is 519. The molecule has 0 bridgehead atoms. The highest BCUT2D eigenvalue weighted by atomic mass is 32.1. The average molecular weight is 261 g/mol. The molecule has 96 valence electrons. The van der Waals surface area contributed by atoms with Crippen LogP contribution in [0.2, 0.25) is 0 Å². The van der Waals surface area contributed by atoms with E-state index in [9.17, 15) is 0 Å². The number of benzene rings is 1. The van der Waals surface area contributed by atoms with E-state index >= 15 is 0 Å². The normalized spacial score (nSPS) is 10.6. The number of rotatable bonds is 5. The fraction of sp³-hybridized carbons (Fsp3) is 0.333. The summed E-state index contributed by atoms with van der Waals surface area (Å²) < 4.78 is 5.81. The number of ether oxygens (including phenoxy) is 1. The maximum absolute atomic E-state index is 5.81. The number of hydrogen-bond donors (Lipinski definition) is 1. The second-order valence-corrected chi connectivity index (χ2v) is 5.69. The van der Waals surface area contributed by atoms with Crippen molar-refractivity contribution in [1.29, 1.82) is 0 Å². The molecule has 0 unspecified atom stereocenters. The highest BCUT2D eigenvalue weighted by Gasteiger charge is 2.02. The van der Waals surface area contributed by atoms with Crippen LogP contribution in [-0.4, -0.2) is 7.05 Å². The highest BCUT2D eigenvalue weighted by molar-refractivity contribution is 7.11. The number of hydrogen-bond acceptors (Lipinski definition) is 3. The zero-order valence-electron chi connectivity index (χ0n) is 11.1. The Balaban J connectivity index is 1.95. The van der Waals surface area contributed by atoms with Crippen LogP contribution in [0.15, 0.2) is 30.3 Å². The van der Waals surface area contributed by atoms with Gasteiger partial charge in [0.1, 0.15) is 12.4 Å². The fourth-order valence-corrected chi connectivity index (χ4v) is 2.67. The van der Waals surface area contributed by atoms with Crippen LogP contribution in [0.25, 0.3) is 0 Å². The summed E-state index contributed by atoms with van der Waals surface area (Å²) in [5, 5.41) is 3.15. The lowest BCUT2D eigenvalue weighted by Gasteiger charge is -2.07. The van der Waals surface area contributed by atoms with Crippen molar-refractivity contribution in [3.63, 3.8) is 0 Å². The second kappa shape index (κ2) is 6.03. The summed E-state index contributed by atoms with van der Waals surface area (Å²) in [5.41, 5.74) is 2.57. The highest BCUT2D eigenvalue weighted by Crippen LogP contribution is 2.21. The van der Waals surface area contributed by atoms with Gasteiger partial charge in [-0.05, 0) is 56.3 Å². The molecule has 1 heterocycles. The van der Waals surface area contributed by atoms with Gasteiger partial charge in [-0.15, -0.1) is 11.3 Å². The summed E-state index contributed by atoms with van der Waals surface area (Å²) in [5.74, 6) is 0.946. The summed E-state index contributed by atoms with van der Waals surface area (Å²) in [6, 6.07) is 10.5. The van der Waals surface area contributed by atoms with Crippen LogP contribution < -0.4 is 10.1 Å². The monoisotopic (exact) mass is 261 g/mol. The molecular formula is C15H19NOS. The van der Waals surface area contributed by atoms with Gasteiger partial charge in [-0.1, -0.05) is 6.07 Å². The number of nitrogens with one attached hydrogen (secondary N) is 1. The van der Waals surface area contributed by atoms with E-state index < -0.39 is 0 Å². The molecule has 0 aliphatic rings. The van der Waals surface area contributed by atoms with Gasteiger partial charge in [0, 0.05) is 16.3 Å². The molecule has 0 aliphatic carbocycles. The molecule has 18 heavy (non-hydrogen) atoms. The third-order valence-corrected chi connectivity index (χ3v) is 3.99. The molecule has 1 aromatic heterocycles. The van der Waals surface area contributed by atoms with Gasteiger partial charge in [0.15, 0.2) is 0 Å². The molecule has 1 N–H and O–H groups in total. The first kappa shape index (κ1) is 13.1. The summed E-state index contributed by atoms with van der Waals surface area (Å²) in [4.78, 5) is 2.61. The van der Waals surface area contributed by atoms with Gasteiger partial charge >= 0.3 is 0 Å². The Morgan fingerprint density at radius 2 is 1.83 bits per heavy atom. The van der Waals surface area contributed by atoms with Crippen LogP contribution in [0.4, 0.5) is 0 Å². The van der Waals surface area contributed by atoms with Gasteiger partial charge < -0.3 is 10.1 Å². The largest absolute Gasteiger partial charge is 0.488 e. The van der Waals surface area contributed by atoms with E-state index in [1.807, 2.05) is 13.1 Å². The Morgan fingerprint density at radius 1 is 1.06 bits per heavy atom. The predicted octanol–water partition coefficient (Wildman–Crippen LogP) is 3.66. The van der Waals surface area contributed by atoms with E-state index in [0.29, 0.717) is 6.61 Å². The van der Waals surface area contributed by atoms with Gasteiger partial charge in [-0.2, -0.15) is 0 Å². The smallest absolute Gasteiger partial charge is 0.122 e. The van der Waals surface area contributed by atoms with Gasteiger partial charge in [-0.25, -0.2) is 0 Å². The van der Waals surface area contributed by atoms with Crippen molar-refractivity contribution >= 4 is 11.3 Å². The number of thiophene rings is 1. The molecular weight excluding hydrogens is 242 g/mol. The van der Waals surface area contributed by atoms with Crippen molar-refractivity contribution in [2.24, 2.45) is 0 Å².